The molecule has 2 rings (SSSR count). The third kappa shape index (κ3) is 4.61. The molecule has 1 fully saturated rings. The van der Waals surface area contributed by atoms with Gasteiger partial charge in [0.25, 0.3) is 0 Å². The van der Waals surface area contributed by atoms with Gasteiger partial charge in [-0.1, -0.05) is 26.7 Å². The Morgan fingerprint density at radius 1 is 1.21 bits per heavy atom. The normalized spacial score (nSPS) is 25.2. The highest BCUT2D eigenvalue weighted by molar-refractivity contribution is 5.12. The first-order valence-corrected chi connectivity index (χ1v) is 7.92. The number of nitrogens with zero attached hydrogens (tertiary/aromatic N) is 1. The average Bonchev–Trinajstić information content (AvgIpc) is 2.45. The van der Waals surface area contributed by atoms with Gasteiger partial charge in [0.15, 0.2) is 0 Å². The van der Waals surface area contributed by atoms with Crippen molar-refractivity contribution in [3.05, 3.63) is 30.1 Å². The van der Waals surface area contributed by atoms with E-state index in [1.165, 1.54) is 37.7 Å². The second-order valence-electron chi connectivity index (χ2n) is 6.14. The van der Waals surface area contributed by atoms with Gasteiger partial charge in [-0.15, -0.1) is 0 Å². The summed E-state index contributed by atoms with van der Waals surface area (Å²) >= 11 is 0. The Bertz CT molecular complexity index is 342. The summed E-state index contributed by atoms with van der Waals surface area (Å²) in [6, 6.07) is 4.97. The maximum Gasteiger partial charge on any atom is 0.0270 e. The number of nitrogens with one attached hydrogen (secondary N) is 1. The van der Waals surface area contributed by atoms with Gasteiger partial charge in [-0.2, -0.15) is 0 Å². The van der Waals surface area contributed by atoms with E-state index in [1.807, 2.05) is 12.4 Å². The van der Waals surface area contributed by atoms with E-state index >= 15 is 0 Å². The number of hydrogen-bond acceptors (Lipinski definition) is 2. The second kappa shape index (κ2) is 7.64. The maximum atomic E-state index is 4.12. The molecule has 0 aromatic carbocycles. The molecule has 19 heavy (non-hydrogen) atoms. The molecule has 2 nitrogen and oxygen atoms in total. The van der Waals surface area contributed by atoms with E-state index in [0.29, 0.717) is 6.04 Å². The van der Waals surface area contributed by atoms with Crippen LogP contribution in [0.3, 0.4) is 0 Å². The Morgan fingerprint density at radius 2 is 1.89 bits per heavy atom. The summed E-state index contributed by atoms with van der Waals surface area (Å²) in [5.41, 5.74) is 1.42. The van der Waals surface area contributed by atoms with E-state index in [0.717, 1.165) is 24.8 Å². The quantitative estimate of drug-likeness (QED) is 0.841. The molecule has 0 radical (unpaired) electrons. The lowest BCUT2D eigenvalue weighted by atomic mass is 9.77. The van der Waals surface area contributed by atoms with Crippen LogP contribution >= 0.6 is 0 Å². The fourth-order valence-electron chi connectivity index (χ4n) is 3.20. The predicted molar refractivity (Wildman–Crippen MR) is 81.1 cm³/mol. The Kier molecular flexibility index (Phi) is 5.84. The van der Waals surface area contributed by atoms with Crippen molar-refractivity contribution in [3.8, 4) is 0 Å². The van der Waals surface area contributed by atoms with E-state index in [4.69, 9.17) is 0 Å². The predicted octanol–water partition coefficient (Wildman–Crippen LogP) is 3.82. The van der Waals surface area contributed by atoms with Gasteiger partial charge in [0.2, 0.25) is 0 Å². The Balaban J connectivity index is 1.95. The number of rotatable bonds is 6. The summed E-state index contributed by atoms with van der Waals surface area (Å²) < 4.78 is 0. The van der Waals surface area contributed by atoms with Crippen LogP contribution in [0.25, 0.3) is 0 Å². The van der Waals surface area contributed by atoms with Crippen LogP contribution in [-0.4, -0.2) is 17.6 Å². The Morgan fingerprint density at radius 3 is 2.53 bits per heavy atom. The zero-order valence-corrected chi connectivity index (χ0v) is 12.4. The van der Waals surface area contributed by atoms with Crippen molar-refractivity contribution in [3.63, 3.8) is 0 Å². The SMILES string of the molecule is CCCNC(Cc1ccncc1)C1CCC(C)CC1. The Hall–Kier alpha value is -0.890. The van der Waals surface area contributed by atoms with Gasteiger partial charge in [0, 0.05) is 18.4 Å². The summed E-state index contributed by atoms with van der Waals surface area (Å²) in [7, 11) is 0. The van der Waals surface area contributed by atoms with Gasteiger partial charge < -0.3 is 5.32 Å². The van der Waals surface area contributed by atoms with Crippen molar-refractivity contribution in [1.29, 1.82) is 0 Å². The van der Waals surface area contributed by atoms with Gasteiger partial charge >= 0.3 is 0 Å². The highest BCUT2D eigenvalue weighted by Gasteiger charge is 2.25. The van der Waals surface area contributed by atoms with Crippen molar-refractivity contribution in [2.75, 3.05) is 6.54 Å². The molecule has 1 aliphatic carbocycles. The van der Waals surface area contributed by atoms with Crippen molar-refractivity contribution >= 4 is 0 Å². The van der Waals surface area contributed by atoms with Crippen LogP contribution in [0.2, 0.25) is 0 Å². The standard InChI is InChI=1S/C17H28N2/c1-3-10-19-17(13-15-8-11-18-12-9-15)16-6-4-14(2)5-7-16/h8-9,11-12,14,16-17,19H,3-7,10,13H2,1-2H3. The molecule has 1 unspecified atom stereocenters. The lowest BCUT2D eigenvalue weighted by Gasteiger charge is -2.33. The van der Waals surface area contributed by atoms with Crippen LogP contribution in [0.4, 0.5) is 0 Å². The molecule has 1 N–H and O–H groups in total. The lowest BCUT2D eigenvalue weighted by molar-refractivity contribution is 0.229. The molecule has 1 aliphatic rings. The smallest absolute Gasteiger partial charge is 0.0270 e. The lowest BCUT2D eigenvalue weighted by Crippen LogP contribution is -2.40. The first-order valence-electron chi connectivity index (χ1n) is 7.92. The topological polar surface area (TPSA) is 24.9 Å². The minimum atomic E-state index is 0.648. The van der Waals surface area contributed by atoms with Crippen LogP contribution in [0, 0.1) is 11.8 Å². The third-order valence-electron chi connectivity index (χ3n) is 4.49. The summed E-state index contributed by atoms with van der Waals surface area (Å²) in [5.74, 6) is 1.79. The summed E-state index contributed by atoms with van der Waals surface area (Å²) in [6.45, 7) is 5.79. The molecule has 0 bridgehead atoms. The second-order valence-corrected chi connectivity index (χ2v) is 6.14. The molecular weight excluding hydrogens is 232 g/mol. The van der Waals surface area contributed by atoms with Crippen LogP contribution in [0.5, 0.6) is 0 Å². The van der Waals surface area contributed by atoms with Crippen molar-refractivity contribution < 1.29 is 0 Å². The van der Waals surface area contributed by atoms with E-state index in [-0.39, 0.29) is 0 Å². The van der Waals surface area contributed by atoms with E-state index in [9.17, 15) is 0 Å². The van der Waals surface area contributed by atoms with Crippen molar-refractivity contribution in [2.45, 2.75) is 58.4 Å². The van der Waals surface area contributed by atoms with Crippen LogP contribution in [0.1, 0.15) is 51.5 Å². The Labute approximate surface area is 118 Å². The first-order chi connectivity index (χ1) is 9.29. The molecule has 1 atom stereocenters. The molecule has 0 spiro atoms. The van der Waals surface area contributed by atoms with E-state index in [1.54, 1.807) is 0 Å². The summed E-state index contributed by atoms with van der Waals surface area (Å²) in [5, 5.41) is 3.78. The summed E-state index contributed by atoms with van der Waals surface area (Å²) in [6.07, 6.45) is 11.8. The van der Waals surface area contributed by atoms with Crippen molar-refractivity contribution in [2.24, 2.45) is 11.8 Å². The molecule has 1 saturated carbocycles. The van der Waals surface area contributed by atoms with Gasteiger partial charge in [-0.3, -0.25) is 4.98 Å². The molecule has 2 heteroatoms. The average molecular weight is 260 g/mol. The monoisotopic (exact) mass is 260 g/mol. The number of aromatic nitrogens is 1. The van der Waals surface area contributed by atoms with Gasteiger partial charge in [0.05, 0.1) is 0 Å². The molecule has 1 aromatic heterocycles. The van der Waals surface area contributed by atoms with Gasteiger partial charge in [-0.25, -0.2) is 0 Å². The molecule has 0 saturated heterocycles. The van der Waals surface area contributed by atoms with Gasteiger partial charge in [-0.05, 0) is 61.8 Å². The highest BCUT2D eigenvalue weighted by atomic mass is 14.9. The molecule has 106 valence electrons. The highest BCUT2D eigenvalue weighted by Crippen LogP contribution is 2.31. The number of hydrogen-bond donors (Lipinski definition) is 1. The third-order valence-corrected chi connectivity index (χ3v) is 4.49. The van der Waals surface area contributed by atoms with Crippen LogP contribution in [-0.2, 0) is 6.42 Å². The number of pyridine rings is 1. The minimum absolute atomic E-state index is 0.648. The van der Waals surface area contributed by atoms with Crippen LogP contribution in [0.15, 0.2) is 24.5 Å². The molecular formula is C17H28N2. The van der Waals surface area contributed by atoms with E-state index in [2.05, 4.69) is 36.3 Å². The molecule has 1 heterocycles. The fourth-order valence-corrected chi connectivity index (χ4v) is 3.20. The zero-order valence-electron chi connectivity index (χ0n) is 12.4. The minimum Gasteiger partial charge on any atom is -0.313 e. The van der Waals surface area contributed by atoms with Crippen LogP contribution < -0.4 is 5.32 Å². The molecule has 0 aliphatic heterocycles. The zero-order chi connectivity index (χ0) is 13.5. The van der Waals surface area contributed by atoms with Crippen molar-refractivity contribution in [1.82, 2.24) is 10.3 Å². The first kappa shape index (κ1) is 14.5. The molecule has 0 amide bonds. The largest absolute Gasteiger partial charge is 0.313 e. The fraction of sp³-hybridized carbons (Fsp3) is 0.706. The molecule has 1 aromatic rings. The maximum absolute atomic E-state index is 4.12. The summed E-state index contributed by atoms with van der Waals surface area (Å²) in [4.78, 5) is 4.12. The van der Waals surface area contributed by atoms with Gasteiger partial charge in [0.1, 0.15) is 0 Å². The van der Waals surface area contributed by atoms with E-state index < -0.39 is 0 Å².